The first-order valence-corrected chi connectivity index (χ1v) is 6.63. The number of hydrogen-bond acceptors (Lipinski definition) is 2. The van der Waals surface area contributed by atoms with E-state index in [1.165, 1.54) is 0 Å². The van der Waals surface area contributed by atoms with Gasteiger partial charge < -0.3 is 0 Å². The number of carbonyl (C=O) groups excluding carboxylic acids is 2. The summed E-state index contributed by atoms with van der Waals surface area (Å²) in [5, 5.41) is 0. The molecule has 0 aromatic carbocycles. The van der Waals surface area contributed by atoms with Gasteiger partial charge in [0, 0.05) is 16.7 Å². The summed E-state index contributed by atoms with van der Waals surface area (Å²) < 4.78 is 0. The highest BCUT2D eigenvalue weighted by Crippen LogP contribution is 2.37. The van der Waals surface area contributed by atoms with Crippen LogP contribution in [0.2, 0.25) is 0 Å². The van der Waals surface area contributed by atoms with E-state index in [0.29, 0.717) is 12.2 Å². The molecule has 0 unspecified atom stereocenters. The molecule has 0 aliphatic carbocycles. The minimum absolute atomic E-state index is 0.132. The third-order valence-electron chi connectivity index (χ3n) is 3.86. The third-order valence-corrected chi connectivity index (χ3v) is 3.86. The zero-order chi connectivity index (χ0) is 13.9. The molecule has 2 nitrogen and oxygen atoms in total. The Morgan fingerprint density at radius 3 is 1.65 bits per heavy atom. The van der Waals surface area contributed by atoms with E-state index in [0.717, 1.165) is 12.8 Å². The van der Waals surface area contributed by atoms with E-state index in [9.17, 15) is 9.59 Å². The van der Waals surface area contributed by atoms with Crippen molar-refractivity contribution in [3.8, 4) is 0 Å². The topological polar surface area (TPSA) is 34.1 Å². The summed E-state index contributed by atoms with van der Waals surface area (Å²) >= 11 is 0. The number of carbonyl (C=O) groups is 2. The van der Waals surface area contributed by atoms with Gasteiger partial charge in [0.1, 0.15) is 11.6 Å². The molecule has 0 aliphatic heterocycles. The fraction of sp³-hybridized carbons (Fsp3) is 0.867. The van der Waals surface area contributed by atoms with Gasteiger partial charge in [-0.1, -0.05) is 41.5 Å². The Morgan fingerprint density at radius 2 is 1.35 bits per heavy atom. The summed E-state index contributed by atoms with van der Waals surface area (Å²) in [4.78, 5) is 24.0. The molecule has 2 heteroatoms. The molecule has 17 heavy (non-hydrogen) atoms. The van der Waals surface area contributed by atoms with Crippen molar-refractivity contribution in [3.05, 3.63) is 0 Å². The molecule has 0 fully saturated rings. The van der Waals surface area contributed by atoms with E-state index in [1.807, 2.05) is 27.7 Å². The molecule has 0 atom stereocenters. The highest BCUT2D eigenvalue weighted by molar-refractivity contribution is 5.88. The van der Waals surface area contributed by atoms with Crippen LogP contribution in [0.5, 0.6) is 0 Å². The first kappa shape index (κ1) is 16.3. The van der Waals surface area contributed by atoms with Crippen LogP contribution in [0.1, 0.15) is 67.7 Å². The van der Waals surface area contributed by atoms with Gasteiger partial charge in [-0.2, -0.15) is 0 Å². The van der Waals surface area contributed by atoms with Crippen molar-refractivity contribution in [2.75, 3.05) is 0 Å². The van der Waals surface area contributed by atoms with Crippen LogP contribution in [-0.4, -0.2) is 11.6 Å². The summed E-state index contributed by atoms with van der Waals surface area (Å²) in [6, 6.07) is 0. The molecule has 0 bridgehead atoms. The van der Waals surface area contributed by atoms with Gasteiger partial charge in [-0.3, -0.25) is 9.59 Å². The van der Waals surface area contributed by atoms with Crippen LogP contribution in [-0.2, 0) is 9.59 Å². The predicted octanol–water partition coefficient (Wildman–Crippen LogP) is 4.02. The molecule has 0 saturated heterocycles. The van der Waals surface area contributed by atoms with Gasteiger partial charge >= 0.3 is 0 Å². The lowest BCUT2D eigenvalue weighted by molar-refractivity contribution is -0.135. The molecular weight excluding hydrogens is 212 g/mol. The van der Waals surface area contributed by atoms with E-state index in [4.69, 9.17) is 0 Å². The van der Waals surface area contributed by atoms with Gasteiger partial charge in [0.2, 0.25) is 0 Å². The van der Waals surface area contributed by atoms with Crippen LogP contribution in [0.25, 0.3) is 0 Å². The van der Waals surface area contributed by atoms with Crippen molar-refractivity contribution in [2.24, 2.45) is 16.7 Å². The van der Waals surface area contributed by atoms with E-state index < -0.39 is 10.8 Å². The molecule has 0 aromatic rings. The van der Waals surface area contributed by atoms with E-state index in [2.05, 4.69) is 13.8 Å². The molecule has 0 aliphatic rings. The maximum Gasteiger partial charge on any atom is 0.141 e. The Kier molecular flexibility index (Phi) is 5.57. The maximum atomic E-state index is 12.4. The van der Waals surface area contributed by atoms with E-state index in [-0.39, 0.29) is 11.7 Å². The summed E-state index contributed by atoms with van der Waals surface area (Å²) in [5.41, 5.74) is -0.822. The molecule has 0 spiro atoms. The highest BCUT2D eigenvalue weighted by atomic mass is 16.1. The molecule has 0 aromatic heterocycles. The van der Waals surface area contributed by atoms with Gasteiger partial charge in [0.15, 0.2) is 0 Å². The molecule has 0 amide bonds. The summed E-state index contributed by atoms with van der Waals surface area (Å²) in [5.74, 6) is 0.590. The van der Waals surface area contributed by atoms with Crippen LogP contribution in [0.4, 0.5) is 0 Å². The van der Waals surface area contributed by atoms with E-state index in [1.54, 1.807) is 6.92 Å². The fourth-order valence-corrected chi connectivity index (χ4v) is 2.53. The highest BCUT2D eigenvalue weighted by Gasteiger charge is 2.38. The van der Waals surface area contributed by atoms with Gasteiger partial charge in [-0.05, 0) is 26.2 Å². The number of ketones is 2. The summed E-state index contributed by atoms with van der Waals surface area (Å²) in [6.45, 7) is 13.5. The predicted molar refractivity (Wildman–Crippen MR) is 71.9 cm³/mol. The molecule has 0 heterocycles. The van der Waals surface area contributed by atoms with Crippen LogP contribution in [0, 0.1) is 16.7 Å². The summed E-state index contributed by atoms with van der Waals surface area (Å²) in [7, 11) is 0. The smallest absolute Gasteiger partial charge is 0.141 e. The Balaban J connectivity index is 4.90. The lowest BCUT2D eigenvalue weighted by Gasteiger charge is -2.34. The zero-order valence-electron chi connectivity index (χ0n) is 12.5. The third kappa shape index (κ3) is 4.25. The molecule has 0 N–H and O–H groups in total. The van der Waals surface area contributed by atoms with Gasteiger partial charge in [-0.15, -0.1) is 0 Å². The fourth-order valence-electron chi connectivity index (χ4n) is 2.53. The van der Waals surface area contributed by atoms with Crippen molar-refractivity contribution < 1.29 is 9.59 Å². The zero-order valence-corrected chi connectivity index (χ0v) is 12.5. The van der Waals surface area contributed by atoms with Crippen LogP contribution < -0.4 is 0 Å². The second kappa shape index (κ2) is 5.79. The van der Waals surface area contributed by atoms with Crippen LogP contribution in [0.3, 0.4) is 0 Å². The van der Waals surface area contributed by atoms with Crippen molar-refractivity contribution in [1.29, 1.82) is 0 Å². The second-order valence-electron chi connectivity index (χ2n) is 6.38. The number of hydrogen-bond donors (Lipinski definition) is 0. The van der Waals surface area contributed by atoms with Crippen molar-refractivity contribution in [1.82, 2.24) is 0 Å². The first-order valence-electron chi connectivity index (χ1n) is 6.63. The Morgan fingerprint density at radius 1 is 0.941 bits per heavy atom. The quantitative estimate of drug-likeness (QED) is 0.673. The average molecular weight is 240 g/mol. The lowest BCUT2D eigenvalue weighted by Crippen LogP contribution is -2.37. The Hall–Kier alpha value is -0.660. The summed E-state index contributed by atoms with van der Waals surface area (Å²) in [6.07, 6.45) is 2.41. The van der Waals surface area contributed by atoms with Crippen LogP contribution in [0.15, 0.2) is 0 Å². The number of rotatable bonds is 7. The first-order chi connectivity index (χ1) is 7.58. The Labute approximate surface area is 106 Å². The standard InChI is InChI=1S/C15H28O2/c1-8-12(9-2)13(17)15(6,7)10-14(4,5)11(3)16/h12H,8-10H2,1-7H3. The van der Waals surface area contributed by atoms with Gasteiger partial charge in [0.25, 0.3) is 0 Å². The average Bonchev–Trinajstić information content (AvgIpc) is 2.17. The molecule has 0 rings (SSSR count). The van der Waals surface area contributed by atoms with Gasteiger partial charge in [0.05, 0.1) is 0 Å². The normalized spacial score (nSPS) is 12.9. The number of Topliss-reactive ketones (excluding diaryl/α,β-unsaturated/α-hetero) is 2. The van der Waals surface area contributed by atoms with Crippen LogP contribution >= 0.6 is 0 Å². The monoisotopic (exact) mass is 240 g/mol. The van der Waals surface area contributed by atoms with Crippen molar-refractivity contribution >= 4 is 11.6 Å². The minimum atomic E-state index is -0.412. The maximum absolute atomic E-state index is 12.4. The minimum Gasteiger partial charge on any atom is -0.299 e. The molecule has 0 radical (unpaired) electrons. The largest absolute Gasteiger partial charge is 0.299 e. The lowest BCUT2D eigenvalue weighted by atomic mass is 9.68. The Bertz CT molecular complexity index is 283. The van der Waals surface area contributed by atoms with E-state index >= 15 is 0 Å². The van der Waals surface area contributed by atoms with Gasteiger partial charge in [-0.25, -0.2) is 0 Å². The molecule has 100 valence electrons. The van der Waals surface area contributed by atoms with Crippen molar-refractivity contribution in [2.45, 2.75) is 67.7 Å². The second-order valence-corrected chi connectivity index (χ2v) is 6.38. The SMILES string of the molecule is CCC(CC)C(=O)C(C)(C)CC(C)(C)C(C)=O. The van der Waals surface area contributed by atoms with Crippen molar-refractivity contribution in [3.63, 3.8) is 0 Å². The molecule has 0 saturated carbocycles. The molecular formula is C15H28O2.